The number of hydrogen-bond acceptors (Lipinski definition) is 2. The van der Waals surface area contributed by atoms with Gasteiger partial charge in [-0.1, -0.05) is 30.3 Å². The molecule has 3 heteroatoms. The van der Waals surface area contributed by atoms with E-state index in [1.54, 1.807) is 19.1 Å². The Labute approximate surface area is 94.2 Å². The Bertz CT molecular complexity index is 460. The molecule has 0 bridgehead atoms. The molecule has 1 aliphatic rings. The topological polar surface area (TPSA) is 46.2 Å². The molecule has 2 rings (SSSR count). The Morgan fingerprint density at radius 2 is 1.88 bits per heavy atom. The number of hydrogen-bond donors (Lipinski definition) is 1. The van der Waals surface area contributed by atoms with Gasteiger partial charge in [0.2, 0.25) is 5.91 Å². The van der Waals surface area contributed by atoms with Gasteiger partial charge in [-0.2, -0.15) is 0 Å². The van der Waals surface area contributed by atoms with Gasteiger partial charge >= 0.3 is 0 Å². The molecule has 0 saturated carbocycles. The molecule has 0 spiro atoms. The number of carbonyl (C=O) groups excluding carboxylic acids is 2. The lowest BCUT2D eigenvalue weighted by atomic mass is 9.95. The van der Waals surface area contributed by atoms with E-state index in [1.807, 2.05) is 18.2 Å². The monoisotopic (exact) mass is 215 g/mol. The van der Waals surface area contributed by atoms with Gasteiger partial charge in [0.1, 0.15) is 0 Å². The van der Waals surface area contributed by atoms with Crippen molar-refractivity contribution in [2.75, 3.05) is 0 Å². The van der Waals surface area contributed by atoms with Gasteiger partial charge < -0.3 is 5.32 Å². The van der Waals surface area contributed by atoms with Gasteiger partial charge in [0.15, 0.2) is 5.78 Å². The van der Waals surface area contributed by atoms with Gasteiger partial charge in [-0.3, -0.25) is 9.59 Å². The largest absolute Gasteiger partial charge is 0.330 e. The maximum atomic E-state index is 12.1. The third kappa shape index (κ3) is 2.03. The van der Waals surface area contributed by atoms with Crippen LogP contribution < -0.4 is 5.32 Å². The summed E-state index contributed by atoms with van der Waals surface area (Å²) in [7, 11) is 0. The molecule has 0 saturated heterocycles. The van der Waals surface area contributed by atoms with E-state index in [9.17, 15) is 9.59 Å². The van der Waals surface area contributed by atoms with Gasteiger partial charge in [0.05, 0.1) is 0 Å². The zero-order chi connectivity index (χ0) is 11.5. The van der Waals surface area contributed by atoms with E-state index in [1.165, 1.54) is 0 Å². The molecule has 1 aliphatic heterocycles. The second-order valence-corrected chi connectivity index (χ2v) is 3.85. The van der Waals surface area contributed by atoms with Crippen LogP contribution in [-0.2, 0) is 4.79 Å². The van der Waals surface area contributed by atoms with Crippen LogP contribution in [0.5, 0.6) is 0 Å². The van der Waals surface area contributed by atoms with Crippen LogP contribution in [0.1, 0.15) is 30.1 Å². The van der Waals surface area contributed by atoms with Crippen LogP contribution in [0.25, 0.3) is 0 Å². The van der Waals surface area contributed by atoms with Crippen LogP contribution >= 0.6 is 0 Å². The van der Waals surface area contributed by atoms with E-state index in [0.29, 0.717) is 29.7 Å². The van der Waals surface area contributed by atoms with Crippen molar-refractivity contribution in [3.05, 3.63) is 47.2 Å². The molecular weight excluding hydrogens is 202 g/mol. The standard InChI is InChI=1S/C13H13NO2/c1-9-11(7-8-12(15)14-9)13(16)10-5-3-2-4-6-10/h2-6H,7-8H2,1H3,(H,14,15). The van der Waals surface area contributed by atoms with Crippen molar-refractivity contribution in [1.82, 2.24) is 5.32 Å². The number of amides is 1. The van der Waals surface area contributed by atoms with E-state index in [2.05, 4.69) is 5.32 Å². The van der Waals surface area contributed by atoms with Crippen LogP contribution in [0, 0.1) is 0 Å². The molecule has 0 radical (unpaired) electrons. The first kappa shape index (κ1) is 10.6. The maximum Gasteiger partial charge on any atom is 0.224 e. The summed E-state index contributed by atoms with van der Waals surface area (Å²) in [5.74, 6) is 0.000196. The molecule has 0 fully saturated rings. The van der Waals surface area contributed by atoms with Crippen molar-refractivity contribution in [2.24, 2.45) is 0 Å². The Morgan fingerprint density at radius 3 is 2.50 bits per heavy atom. The minimum Gasteiger partial charge on any atom is -0.330 e. The predicted molar refractivity (Wildman–Crippen MR) is 60.8 cm³/mol. The molecule has 0 aliphatic carbocycles. The molecule has 0 aromatic heterocycles. The summed E-state index contributed by atoms with van der Waals surface area (Å²) in [5.41, 5.74) is 2.07. The fourth-order valence-electron chi connectivity index (χ4n) is 1.82. The second-order valence-electron chi connectivity index (χ2n) is 3.85. The highest BCUT2D eigenvalue weighted by atomic mass is 16.2. The van der Waals surface area contributed by atoms with Gasteiger partial charge in [0.25, 0.3) is 0 Å². The average molecular weight is 215 g/mol. The Kier molecular flexibility index (Phi) is 2.86. The van der Waals surface area contributed by atoms with Crippen molar-refractivity contribution in [3.63, 3.8) is 0 Å². The van der Waals surface area contributed by atoms with Crippen LogP contribution in [0.3, 0.4) is 0 Å². The Hall–Kier alpha value is -1.90. The molecule has 0 unspecified atom stereocenters. The molecule has 1 aromatic rings. The minimum atomic E-state index is -0.0119. The second kappa shape index (κ2) is 4.31. The molecule has 0 atom stereocenters. The van der Waals surface area contributed by atoms with Crippen molar-refractivity contribution in [2.45, 2.75) is 19.8 Å². The summed E-state index contributed by atoms with van der Waals surface area (Å²) in [6.45, 7) is 1.77. The summed E-state index contributed by atoms with van der Waals surface area (Å²) in [5, 5.41) is 2.70. The smallest absolute Gasteiger partial charge is 0.224 e. The molecular formula is C13H13NO2. The van der Waals surface area contributed by atoms with Gasteiger partial charge in [-0.15, -0.1) is 0 Å². The van der Waals surface area contributed by atoms with E-state index < -0.39 is 0 Å². The summed E-state index contributed by atoms with van der Waals surface area (Å²) in [6.07, 6.45) is 0.927. The van der Waals surface area contributed by atoms with Crippen LogP contribution in [0.2, 0.25) is 0 Å². The molecule has 16 heavy (non-hydrogen) atoms. The quantitative estimate of drug-likeness (QED) is 0.767. The summed E-state index contributed by atoms with van der Waals surface area (Å²) < 4.78 is 0. The number of Topliss-reactive ketones (excluding diaryl/α,β-unsaturated/α-hetero) is 1. The van der Waals surface area contributed by atoms with Crippen LogP contribution in [-0.4, -0.2) is 11.7 Å². The Morgan fingerprint density at radius 1 is 1.19 bits per heavy atom. The minimum absolute atomic E-state index is 0.0119. The maximum absolute atomic E-state index is 12.1. The van der Waals surface area contributed by atoms with Gasteiger partial charge in [-0.05, 0) is 13.3 Å². The first-order valence-corrected chi connectivity index (χ1v) is 5.28. The number of allylic oxidation sites excluding steroid dienone is 2. The van der Waals surface area contributed by atoms with Crippen LogP contribution in [0.15, 0.2) is 41.6 Å². The number of ketones is 1. The van der Waals surface area contributed by atoms with Crippen molar-refractivity contribution >= 4 is 11.7 Å². The average Bonchev–Trinajstić information content (AvgIpc) is 2.29. The first-order valence-electron chi connectivity index (χ1n) is 5.28. The van der Waals surface area contributed by atoms with Crippen molar-refractivity contribution < 1.29 is 9.59 Å². The molecule has 1 aromatic carbocycles. The highest BCUT2D eigenvalue weighted by Gasteiger charge is 2.21. The highest BCUT2D eigenvalue weighted by molar-refractivity contribution is 6.10. The molecule has 82 valence electrons. The zero-order valence-corrected chi connectivity index (χ0v) is 9.12. The highest BCUT2D eigenvalue weighted by Crippen LogP contribution is 2.19. The SMILES string of the molecule is CC1=C(C(=O)c2ccccc2)CCC(=O)N1. The lowest BCUT2D eigenvalue weighted by Crippen LogP contribution is -2.28. The zero-order valence-electron chi connectivity index (χ0n) is 9.12. The molecule has 3 nitrogen and oxygen atoms in total. The van der Waals surface area contributed by atoms with E-state index >= 15 is 0 Å². The van der Waals surface area contributed by atoms with Gasteiger partial charge in [0, 0.05) is 23.3 Å². The summed E-state index contributed by atoms with van der Waals surface area (Å²) >= 11 is 0. The molecule has 1 amide bonds. The first-order chi connectivity index (χ1) is 7.68. The fourth-order valence-corrected chi connectivity index (χ4v) is 1.82. The number of benzene rings is 1. The third-order valence-corrected chi connectivity index (χ3v) is 2.69. The number of rotatable bonds is 2. The third-order valence-electron chi connectivity index (χ3n) is 2.69. The van der Waals surface area contributed by atoms with Gasteiger partial charge in [-0.25, -0.2) is 0 Å². The van der Waals surface area contributed by atoms with E-state index in [-0.39, 0.29) is 11.7 Å². The predicted octanol–water partition coefficient (Wildman–Crippen LogP) is 2.05. The number of carbonyl (C=O) groups is 2. The fraction of sp³-hybridized carbons (Fsp3) is 0.231. The van der Waals surface area contributed by atoms with E-state index in [4.69, 9.17) is 0 Å². The lowest BCUT2D eigenvalue weighted by Gasteiger charge is -2.17. The number of nitrogens with one attached hydrogen (secondary N) is 1. The summed E-state index contributed by atoms with van der Waals surface area (Å²) in [4.78, 5) is 23.2. The normalized spacial score (nSPS) is 15.9. The van der Waals surface area contributed by atoms with E-state index in [0.717, 1.165) is 0 Å². The Balaban J connectivity index is 2.29. The van der Waals surface area contributed by atoms with Crippen molar-refractivity contribution in [3.8, 4) is 0 Å². The lowest BCUT2D eigenvalue weighted by molar-refractivity contribution is -0.120. The van der Waals surface area contributed by atoms with Crippen LogP contribution in [0.4, 0.5) is 0 Å². The molecule has 1 heterocycles. The van der Waals surface area contributed by atoms with Crippen molar-refractivity contribution in [1.29, 1.82) is 0 Å². The summed E-state index contributed by atoms with van der Waals surface area (Å²) in [6, 6.07) is 9.13. The molecule has 1 N–H and O–H groups in total.